The van der Waals surface area contributed by atoms with Gasteiger partial charge in [0.2, 0.25) is 0 Å². The highest BCUT2D eigenvalue weighted by Gasteiger charge is 2.35. The molecular weight excluding hydrogens is 252 g/mol. The van der Waals surface area contributed by atoms with Gasteiger partial charge in [0.15, 0.2) is 0 Å². The molecule has 2 unspecified atom stereocenters. The molecule has 20 heavy (non-hydrogen) atoms. The zero-order valence-corrected chi connectivity index (χ0v) is 11.7. The fourth-order valence-corrected chi connectivity index (χ4v) is 3.56. The molecule has 0 aromatic heterocycles. The summed E-state index contributed by atoms with van der Waals surface area (Å²) in [5.41, 5.74) is 0.893. The van der Waals surface area contributed by atoms with Gasteiger partial charge < -0.3 is 5.11 Å². The van der Waals surface area contributed by atoms with Gasteiger partial charge in [-0.2, -0.15) is 0 Å². The largest absolute Gasteiger partial charge is 0.480 e. The maximum Gasteiger partial charge on any atom is 0.325 e. The molecule has 2 saturated heterocycles. The highest BCUT2D eigenvalue weighted by atomic mass is 16.4. The molecule has 4 heteroatoms. The predicted molar refractivity (Wildman–Crippen MR) is 77.6 cm³/mol. The van der Waals surface area contributed by atoms with E-state index in [4.69, 9.17) is 0 Å². The summed E-state index contributed by atoms with van der Waals surface area (Å²) >= 11 is 0. The average molecular weight is 274 g/mol. The van der Waals surface area contributed by atoms with Crippen LogP contribution in [0.2, 0.25) is 0 Å². The maximum atomic E-state index is 11.7. The minimum absolute atomic E-state index is 0.500. The number of piperazine rings is 1. The monoisotopic (exact) mass is 274 g/mol. The van der Waals surface area contributed by atoms with E-state index in [-0.39, 0.29) is 0 Å². The lowest BCUT2D eigenvalue weighted by Gasteiger charge is -2.45. The Kier molecular flexibility index (Phi) is 4.03. The smallest absolute Gasteiger partial charge is 0.325 e. The van der Waals surface area contributed by atoms with Crippen LogP contribution in [0.1, 0.15) is 30.9 Å². The van der Waals surface area contributed by atoms with Gasteiger partial charge in [-0.1, -0.05) is 36.8 Å². The van der Waals surface area contributed by atoms with Crippen LogP contribution in [0.3, 0.4) is 0 Å². The number of rotatable bonds is 3. The Balaban J connectivity index is 1.77. The molecule has 1 aromatic carbocycles. The highest BCUT2D eigenvalue weighted by molar-refractivity contribution is 5.75. The van der Waals surface area contributed by atoms with Crippen LogP contribution < -0.4 is 0 Å². The first-order valence-electron chi connectivity index (χ1n) is 7.51. The minimum Gasteiger partial charge on any atom is -0.480 e. The minimum atomic E-state index is -0.736. The third-order valence-electron chi connectivity index (χ3n) is 4.58. The molecule has 3 rings (SSSR count). The van der Waals surface area contributed by atoms with Gasteiger partial charge in [-0.05, 0) is 24.9 Å². The van der Waals surface area contributed by atoms with Gasteiger partial charge in [-0.3, -0.25) is 14.6 Å². The van der Waals surface area contributed by atoms with Crippen molar-refractivity contribution in [1.82, 2.24) is 9.80 Å². The molecular formula is C16H22N2O2. The molecule has 2 aliphatic heterocycles. The lowest BCUT2D eigenvalue weighted by Crippen LogP contribution is -2.56. The van der Waals surface area contributed by atoms with Crippen molar-refractivity contribution < 1.29 is 9.90 Å². The van der Waals surface area contributed by atoms with E-state index in [0.717, 1.165) is 25.2 Å². The molecule has 0 bridgehead atoms. The molecule has 1 N–H and O–H groups in total. The number of fused-ring (bicyclic) bond motifs is 1. The fraction of sp³-hybridized carbons (Fsp3) is 0.562. The Bertz CT molecular complexity index is 463. The lowest BCUT2D eigenvalue weighted by atomic mass is 9.97. The van der Waals surface area contributed by atoms with Crippen molar-refractivity contribution in [3.8, 4) is 0 Å². The Morgan fingerprint density at radius 2 is 1.95 bits per heavy atom. The molecule has 2 aliphatic rings. The van der Waals surface area contributed by atoms with Gasteiger partial charge in [0.25, 0.3) is 0 Å². The van der Waals surface area contributed by atoms with Crippen molar-refractivity contribution in [3.63, 3.8) is 0 Å². The molecule has 2 heterocycles. The van der Waals surface area contributed by atoms with Crippen molar-refractivity contribution in [2.75, 3.05) is 26.2 Å². The van der Waals surface area contributed by atoms with Crippen LogP contribution in [0.15, 0.2) is 30.3 Å². The standard InChI is InChI=1S/C16H22N2O2/c19-16(20)15(13-6-2-1-3-7-13)18-11-10-17-9-5-4-8-14(17)12-18/h1-3,6-7,14-15H,4-5,8-12H2,(H,19,20). The third kappa shape index (κ3) is 2.72. The zero-order chi connectivity index (χ0) is 13.9. The lowest BCUT2D eigenvalue weighted by molar-refractivity contribution is -0.145. The fourth-order valence-electron chi connectivity index (χ4n) is 3.56. The summed E-state index contributed by atoms with van der Waals surface area (Å²) in [4.78, 5) is 16.4. The van der Waals surface area contributed by atoms with E-state index in [1.165, 1.54) is 25.8 Å². The normalized spacial score (nSPS) is 25.9. The van der Waals surface area contributed by atoms with Crippen LogP contribution in [0.4, 0.5) is 0 Å². The van der Waals surface area contributed by atoms with Crippen LogP contribution in [-0.4, -0.2) is 53.1 Å². The van der Waals surface area contributed by atoms with Crippen molar-refractivity contribution in [1.29, 1.82) is 0 Å². The summed E-state index contributed by atoms with van der Waals surface area (Å²) in [6, 6.07) is 9.66. The summed E-state index contributed by atoms with van der Waals surface area (Å²) in [7, 11) is 0. The molecule has 0 radical (unpaired) electrons. The Hall–Kier alpha value is -1.39. The summed E-state index contributed by atoms with van der Waals surface area (Å²) < 4.78 is 0. The van der Waals surface area contributed by atoms with E-state index in [2.05, 4.69) is 9.80 Å². The second-order valence-corrected chi connectivity index (χ2v) is 5.83. The van der Waals surface area contributed by atoms with Gasteiger partial charge in [0.1, 0.15) is 6.04 Å². The SMILES string of the molecule is O=C(O)C(c1ccccc1)N1CCN2CCCCC2C1. The van der Waals surface area contributed by atoms with E-state index in [9.17, 15) is 9.90 Å². The van der Waals surface area contributed by atoms with Gasteiger partial charge >= 0.3 is 5.97 Å². The van der Waals surface area contributed by atoms with Crippen molar-refractivity contribution in [2.24, 2.45) is 0 Å². The van der Waals surface area contributed by atoms with Crippen LogP contribution >= 0.6 is 0 Å². The summed E-state index contributed by atoms with van der Waals surface area (Å²) in [5.74, 6) is -0.736. The van der Waals surface area contributed by atoms with Gasteiger partial charge in [-0.15, -0.1) is 0 Å². The topological polar surface area (TPSA) is 43.8 Å². The quantitative estimate of drug-likeness (QED) is 0.915. The number of carbonyl (C=O) groups is 1. The summed E-state index contributed by atoms with van der Waals surface area (Å²) in [6.07, 6.45) is 3.77. The second kappa shape index (κ2) is 5.94. The highest BCUT2D eigenvalue weighted by Crippen LogP contribution is 2.27. The Morgan fingerprint density at radius 3 is 2.70 bits per heavy atom. The molecule has 2 fully saturated rings. The van der Waals surface area contributed by atoms with E-state index in [0.29, 0.717) is 6.04 Å². The number of aliphatic carboxylic acids is 1. The van der Waals surface area contributed by atoms with Gasteiger partial charge in [0, 0.05) is 25.7 Å². The zero-order valence-electron chi connectivity index (χ0n) is 11.7. The first-order chi connectivity index (χ1) is 9.75. The third-order valence-corrected chi connectivity index (χ3v) is 4.58. The summed E-state index contributed by atoms with van der Waals surface area (Å²) in [6.45, 7) is 3.91. The first-order valence-corrected chi connectivity index (χ1v) is 7.51. The van der Waals surface area contributed by atoms with E-state index in [1.807, 2.05) is 30.3 Å². The number of piperidine rings is 1. The van der Waals surface area contributed by atoms with Gasteiger partial charge in [-0.25, -0.2) is 0 Å². The van der Waals surface area contributed by atoms with Crippen molar-refractivity contribution >= 4 is 5.97 Å². The Labute approximate surface area is 120 Å². The van der Waals surface area contributed by atoms with Crippen LogP contribution in [-0.2, 0) is 4.79 Å². The maximum absolute atomic E-state index is 11.7. The number of hydrogen-bond donors (Lipinski definition) is 1. The van der Waals surface area contributed by atoms with Crippen LogP contribution in [0.25, 0.3) is 0 Å². The van der Waals surface area contributed by atoms with Crippen LogP contribution in [0, 0.1) is 0 Å². The van der Waals surface area contributed by atoms with E-state index in [1.54, 1.807) is 0 Å². The molecule has 1 aromatic rings. The number of carboxylic acids is 1. The summed E-state index contributed by atoms with van der Waals surface area (Å²) in [5, 5.41) is 9.62. The number of benzene rings is 1. The number of carboxylic acid groups (broad SMARTS) is 1. The molecule has 4 nitrogen and oxygen atoms in total. The second-order valence-electron chi connectivity index (χ2n) is 5.83. The Morgan fingerprint density at radius 1 is 1.15 bits per heavy atom. The van der Waals surface area contributed by atoms with Crippen molar-refractivity contribution in [3.05, 3.63) is 35.9 Å². The number of nitrogens with zero attached hydrogens (tertiary/aromatic N) is 2. The molecule has 0 saturated carbocycles. The van der Waals surface area contributed by atoms with E-state index < -0.39 is 12.0 Å². The molecule has 0 amide bonds. The molecule has 0 spiro atoms. The molecule has 108 valence electrons. The van der Waals surface area contributed by atoms with Crippen molar-refractivity contribution in [2.45, 2.75) is 31.3 Å². The van der Waals surface area contributed by atoms with E-state index >= 15 is 0 Å². The molecule has 2 atom stereocenters. The average Bonchev–Trinajstić information content (AvgIpc) is 2.48. The number of hydrogen-bond acceptors (Lipinski definition) is 3. The first kappa shape index (κ1) is 13.6. The molecule has 0 aliphatic carbocycles. The predicted octanol–water partition coefficient (Wildman–Crippen LogP) is 1.98. The van der Waals surface area contributed by atoms with Crippen LogP contribution in [0.5, 0.6) is 0 Å². The van der Waals surface area contributed by atoms with Gasteiger partial charge in [0.05, 0.1) is 0 Å².